The lowest BCUT2D eigenvalue weighted by Gasteiger charge is -2.12. The number of nitrogens with one attached hydrogen (secondary N) is 4. The summed E-state index contributed by atoms with van der Waals surface area (Å²) in [5, 5.41) is 12.1. The standard InChI is InChI=1S/C16H31N5O2.HI/c1-4-12(3)21-14(22)8-9-19-16(17-5-2)20-11-10-18-15(23)13-6-7-13;/h12-13H,4-11H2,1-3H3,(H,18,23)(H,21,22)(H2,17,19,20);1H. The molecule has 0 saturated heterocycles. The first-order chi connectivity index (χ1) is 11.1. The molecule has 2 amide bonds. The van der Waals surface area contributed by atoms with Crippen LogP contribution >= 0.6 is 24.0 Å². The number of aliphatic imine (C=N–C) groups is 1. The summed E-state index contributed by atoms with van der Waals surface area (Å²) in [5.74, 6) is 1.08. The molecule has 7 nitrogen and oxygen atoms in total. The van der Waals surface area contributed by atoms with Crippen LogP contribution in [0, 0.1) is 5.92 Å². The second-order valence-corrected chi connectivity index (χ2v) is 5.88. The summed E-state index contributed by atoms with van der Waals surface area (Å²) in [6, 6.07) is 0.202. The minimum atomic E-state index is 0. The number of hydrogen-bond donors (Lipinski definition) is 4. The van der Waals surface area contributed by atoms with Crippen molar-refractivity contribution >= 4 is 41.8 Å². The maximum Gasteiger partial charge on any atom is 0.223 e. The Labute approximate surface area is 162 Å². The van der Waals surface area contributed by atoms with E-state index in [1.54, 1.807) is 0 Å². The fourth-order valence-electron chi connectivity index (χ4n) is 1.92. The molecule has 8 heteroatoms. The van der Waals surface area contributed by atoms with Crippen LogP contribution in [-0.2, 0) is 9.59 Å². The highest BCUT2D eigenvalue weighted by Crippen LogP contribution is 2.28. The van der Waals surface area contributed by atoms with E-state index in [-0.39, 0.29) is 47.8 Å². The van der Waals surface area contributed by atoms with E-state index in [9.17, 15) is 9.59 Å². The lowest BCUT2D eigenvalue weighted by Crippen LogP contribution is -2.42. The fraction of sp³-hybridized carbons (Fsp3) is 0.812. The molecule has 0 bridgehead atoms. The Morgan fingerprint density at radius 3 is 2.38 bits per heavy atom. The van der Waals surface area contributed by atoms with E-state index in [0.717, 1.165) is 25.8 Å². The molecule has 1 rings (SSSR count). The first-order valence-electron chi connectivity index (χ1n) is 8.66. The number of hydrogen-bond acceptors (Lipinski definition) is 3. The monoisotopic (exact) mass is 453 g/mol. The number of amides is 2. The van der Waals surface area contributed by atoms with Crippen molar-refractivity contribution in [1.82, 2.24) is 21.3 Å². The number of guanidine groups is 1. The third kappa shape index (κ3) is 10.7. The molecule has 1 fully saturated rings. The summed E-state index contributed by atoms with van der Waals surface area (Å²) in [6.07, 6.45) is 3.33. The molecular formula is C16H32IN5O2. The Kier molecular flexibility index (Phi) is 12.7. The van der Waals surface area contributed by atoms with Crippen molar-refractivity contribution in [2.24, 2.45) is 10.9 Å². The number of rotatable bonds is 10. The van der Waals surface area contributed by atoms with Gasteiger partial charge in [-0.25, -0.2) is 0 Å². The highest BCUT2D eigenvalue weighted by atomic mass is 127. The predicted molar refractivity (Wildman–Crippen MR) is 108 cm³/mol. The van der Waals surface area contributed by atoms with Crippen LogP contribution in [-0.4, -0.2) is 50.0 Å². The van der Waals surface area contributed by atoms with Crippen molar-refractivity contribution in [1.29, 1.82) is 0 Å². The lowest BCUT2D eigenvalue weighted by molar-refractivity contribution is -0.122. The average Bonchev–Trinajstić information content (AvgIpc) is 3.35. The van der Waals surface area contributed by atoms with Crippen LogP contribution in [0.2, 0.25) is 0 Å². The maximum absolute atomic E-state index is 11.7. The first kappa shape index (κ1) is 22.9. The van der Waals surface area contributed by atoms with Crippen LogP contribution in [0.1, 0.15) is 46.5 Å². The third-order valence-electron chi connectivity index (χ3n) is 3.64. The van der Waals surface area contributed by atoms with Gasteiger partial charge in [0, 0.05) is 38.0 Å². The number of halogens is 1. The van der Waals surface area contributed by atoms with Crippen molar-refractivity contribution < 1.29 is 9.59 Å². The van der Waals surface area contributed by atoms with Crippen molar-refractivity contribution in [3.63, 3.8) is 0 Å². The van der Waals surface area contributed by atoms with Crippen molar-refractivity contribution in [3.8, 4) is 0 Å². The predicted octanol–water partition coefficient (Wildman–Crippen LogP) is 0.991. The summed E-state index contributed by atoms with van der Waals surface area (Å²) < 4.78 is 0. The van der Waals surface area contributed by atoms with Gasteiger partial charge in [-0.15, -0.1) is 24.0 Å². The van der Waals surface area contributed by atoms with Gasteiger partial charge in [-0.3, -0.25) is 14.6 Å². The van der Waals surface area contributed by atoms with Crippen LogP contribution in [0.5, 0.6) is 0 Å². The van der Waals surface area contributed by atoms with Crippen molar-refractivity contribution in [3.05, 3.63) is 0 Å². The van der Waals surface area contributed by atoms with Crippen molar-refractivity contribution in [2.45, 2.75) is 52.5 Å². The largest absolute Gasteiger partial charge is 0.357 e. The zero-order valence-electron chi connectivity index (χ0n) is 15.0. The molecule has 0 heterocycles. The van der Waals surface area contributed by atoms with Gasteiger partial charge in [0.2, 0.25) is 11.8 Å². The minimum absolute atomic E-state index is 0. The Hall–Kier alpha value is -1.06. The van der Waals surface area contributed by atoms with E-state index in [0.29, 0.717) is 32.0 Å². The van der Waals surface area contributed by atoms with E-state index >= 15 is 0 Å². The minimum Gasteiger partial charge on any atom is -0.357 e. The number of carbonyl (C=O) groups is 2. The summed E-state index contributed by atoms with van der Waals surface area (Å²) in [4.78, 5) is 27.6. The molecule has 140 valence electrons. The van der Waals surface area contributed by atoms with Gasteiger partial charge in [0.05, 0.1) is 6.54 Å². The molecule has 0 aromatic carbocycles. The van der Waals surface area contributed by atoms with E-state index in [4.69, 9.17) is 0 Å². The second kappa shape index (κ2) is 13.3. The van der Waals surface area contributed by atoms with Gasteiger partial charge in [-0.1, -0.05) is 6.92 Å². The zero-order chi connectivity index (χ0) is 17.1. The van der Waals surface area contributed by atoms with E-state index < -0.39 is 0 Å². The van der Waals surface area contributed by atoms with Gasteiger partial charge < -0.3 is 21.3 Å². The number of nitrogens with zero attached hydrogens (tertiary/aromatic N) is 1. The lowest BCUT2D eigenvalue weighted by atomic mass is 10.2. The molecule has 0 aromatic rings. The smallest absolute Gasteiger partial charge is 0.223 e. The molecule has 24 heavy (non-hydrogen) atoms. The van der Waals surface area contributed by atoms with Gasteiger partial charge in [-0.2, -0.15) is 0 Å². The Balaban J connectivity index is 0.00000529. The quantitative estimate of drug-likeness (QED) is 0.172. The Morgan fingerprint density at radius 2 is 1.79 bits per heavy atom. The molecular weight excluding hydrogens is 421 g/mol. The second-order valence-electron chi connectivity index (χ2n) is 5.88. The molecule has 1 aliphatic carbocycles. The fourth-order valence-corrected chi connectivity index (χ4v) is 1.92. The van der Waals surface area contributed by atoms with Crippen LogP contribution in [0.15, 0.2) is 4.99 Å². The maximum atomic E-state index is 11.7. The normalized spacial score (nSPS) is 15.0. The molecule has 1 saturated carbocycles. The van der Waals surface area contributed by atoms with Gasteiger partial charge in [-0.05, 0) is 33.1 Å². The average molecular weight is 453 g/mol. The Morgan fingerprint density at radius 1 is 1.12 bits per heavy atom. The van der Waals surface area contributed by atoms with Crippen LogP contribution < -0.4 is 21.3 Å². The van der Waals surface area contributed by atoms with Gasteiger partial charge in [0.1, 0.15) is 0 Å². The van der Waals surface area contributed by atoms with Gasteiger partial charge >= 0.3 is 0 Å². The SMILES string of the molecule is CCNC(=NCCC(=O)NC(C)CC)NCCNC(=O)C1CC1.I. The third-order valence-corrected chi connectivity index (χ3v) is 3.64. The van der Waals surface area contributed by atoms with E-state index in [1.807, 2.05) is 20.8 Å². The van der Waals surface area contributed by atoms with Crippen LogP contribution in [0.4, 0.5) is 0 Å². The van der Waals surface area contributed by atoms with Crippen LogP contribution in [0.3, 0.4) is 0 Å². The van der Waals surface area contributed by atoms with Crippen LogP contribution in [0.25, 0.3) is 0 Å². The highest BCUT2D eigenvalue weighted by molar-refractivity contribution is 14.0. The summed E-state index contributed by atoms with van der Waals surface area (Å²) in [5.41, 5.74) is 0. The highest BCUT2D eigenvalue weighted by Gasteiger charge is 2.28. The molecule has 1 unspecified atom stereocenters. The van der Waals surface area contributed by atoms with E-state index in [2.05, 4.69) is 26.3 Å². The zero-order valence-corrected chi connectivity index (χ0v) is 17.3. The molecule has 0 aliphatic heterocycles. The molecule has 1 atom stereocenters. The molecule has 0 aromatic heterocycles. The summed E-state index contributed by atoms with van der Waals surface area (Å²) in [7, 11) is 0. The molecule has 0 radical (unpaired) electrons. The van der Waals surface area contributed by atoms with Crippen molar-refractivity contribution in [2.75, 3.05) is 26.2 Å². The number of carbonyl (C=O) groups excluding carboxylic acids is 2. The summed E-state index contributed by atoms with van der Waals surface area (Å²) >= 11 is 0. The van der Waals surface area contributed by atoms with Gasteiger partial charge in [0.25, 0.3) is 0 Å². The Bertz CT molecular complexity index is 413. The van der Waals surface area contributed by atoms with Gasteiger partial charge in [0.15, 0.2) is 5.96 Å². The topological polar surface area (TPSA) is 94.6 Å². The molecule has 0 spiro atoms. The summed E-state index contributed by atoms with van der Waals surface area (Å²) in [6.45, 7) is 8.39. The first-order valence-corrected chi connectivity index (χ1v) is 8.66. The van der Waals surface area contributed by atoms with E-state index in [1.165, 1.54) is 0 Å². The molecule has 1 aliphatic rings. The molecule has 4 N–H and O–H groups in total.